The highest BCUT2D eigenvalue weighted by Crippen LogP contribution is 2.27. The van der Waals surface area contributed by atoms with Crippen molar-refractivity contribution >= 4 is 5.97 Å². The summed E-state index contributed by atoms with van der Waals surface area (Å²) in [7, 11) is 0. The molecule has 0 aliphatic carbocycles. The Kier molecular flexibility index (Phi) is 6.60. The van der Waals surface area contributed by atoms with Gasteiger partial charge in [-0.25, -0.2) is 4.68 Å². The minimum atomic E-state index is -0.747. The molecule has 1 aliphatic heterocycles. The van der Waals surface area contributed by atoms with Crippen LogP contribution in [-0.2, 0) is 9.53 Å². The maximum Gasteiger partial charge on any atom is 0.303 e. The smallest absolute Gasteiger partial charge is 0.303 e. The van der Waals surface area contributed by atoms with Gasteiger partial charge in [-0.3, -0.25) is 9.78 Å². The lowest BCUT2D eigenvalue weighted by atomic mass is 10.2. The van der Waals surface area contributed by atoms with Crippen LogP contribution in [0.3, 0.4) is 0 Å². The number of aliphatic carboxylic acids is 1. The summed E-state index contributed by atoms with van der Waals surface area (Å²) in [5, 5.41) is 13.0. The topological polar surface area (TPSA) is 86.5 Å². The third-order valence-electron chi connectivity index (χ3n) is 4.40. The first-order valence-electron chi connectivity index (χ1n) is 9.20. The molecule has 0 radical (unpaired) electrons. The molecule has 140 valence electrons. The van der Waals surface area contributed by atoms with Crippen molar-refractivity contribution in [2.75, 3.05) is 13.2 Å². The Morgan fingerprint density at radius 1 is 1.27 bits per heavy atom. The van der Waals surface area contributed by atoms with Crippen molar-refractivity contribution in [3.8, 4) is 17.1 Å². The van der Waals surface area contributed by atoms with E-state index in [4.69, 9.17) is 14.6 Å². The maximum atomic E-state index is 10.5. The number of ether oxygens (including phenoxy) is 2. The van der Waals surface area contributed by atoms with E-state index in [1.165, 1.54) is 0 Å². The molecule has 7 heteroatoms. The molecule has 0 amide bonds. The SMILES string of the molecule is O=C(O)CCCCCOc1ccc(-c2ccnn2C2CCCCO2)nc1. The summed E-state index contributed by atoms with van der Waals surface area (Å²) in [6.45, 7) is 1.34. The van der Waals surface area contributed by atoms with E-state index in [-0.39, 0.29) is 12.6 Å². The first kappa shape index (κ1) is 18.4. The van der Waals surface area contributed by atoms with Crippen LogP contribution in [0.1, 0.15) is 51.2 Å². The normalized spacial score (nSPS) is 17.2. The van der Waals surface area contributed by atoms with Crippen LogP contribution in [0.15, 0.2) is 30.6 Å². The molecule has 1 aliphatic rings. The number of carboxylic acids is 1. The summed E-state index contributed by atoms with van der Waals surface area (Å²) >= 11 is 0. The van der Waals surface area contributed by atoms with E-state index in [0.29, 0.717) is 18.8 Å². The van der Waals surface area contributed by atoms with E-state index in [1.54, 1.807) is 12.4 Å². The van der Waals surface area contributed by atoms with Gasteiger partial charge in [0.1, 0.15) is 5.75 Å². The molecule has 0 aromatic carbocycles. The molecule has 26 heavy (non-hydrogen) atoms. The number of hydrogen-bond donors (Lipinski definition) is 1. The summed E-state index contributed by atoms with van der Waals surface area (Å²) in [5.41, 5.74) is 1.78. The van der Waals surface area contributed by atoms with Crippen LogP contribution in [0.2, 0.25) is 0 Å². The zero-order valence-electron chi connectivity index (χ0n) is 14.8. The van der Waals surface area contributed by atoms with Gasteiger partial charge in [0.15, 0.2) is 6.23 Å². The number of pyridine rings is 1. The van der Waals surface area contributed by atoms with Crippen LogP contribution in [0.4, 0.5) is 0 Å². The summed E-state index contributed by atoms with van der Waals surface area (Å²) in [6, 6.07) is 5.78. The fourth-order valence-electron chi connectivity index (χ4n) is 3.03. The van der Waals surface area contributed by atoms with Crippen molar-refractivity contribution in [3.63, 3.8) is 0 Å². The van der Waals surface area contributed by atoms with Crippen molar-refractivity contribution in [1.82, 2.24) is 14.8 Å². The van der Waals surface area contributed by atoms with E-state index in [1.807, 2.05) is 22.9 Å². The van der Waals surface area contributed by atoms with Crippen molar-refractivity contribution in [2.45, 2.75) is 51.2 Å². The zero-order valence-corrected chi connectivity index (χ0v) is 14.8. The molecule has 1 unspecified atom stereocenters. The average Bonchev–Trinajstić information content (AvgIpc) is 3.15. The average molecular weight is 359 g/mol. The van der Waals surface area contributed by atoms with Gasteiger partial charge in [0, 0.05) is 19.2 Å². The molecule has 0 bridgehead atoms. The Balaban J connectivity index is 1.52. The van der Waals surface area contributed by atoms with Gasteiger partial charge in [0.05, 0.1) is 24.2 Å². The molecule has 1 atom stereocenters. The van der Waals surface area contributed by atoms with Crippen molar-refractivity contribution in [1.29, 1.82) is 0 Å². The fraction of sp³-hybridized carbons (Fsp3) is 0.526. The predicted molar refractivity (Wildman–Crippen MR) is 95.9 cm³/mol. The molecule has 1 saturated heterocycles. The second kappa shape index (κ2) is 9.33. The molecule has 1 N–H and O–H groups in total. The lowest BCUT2D eigenvalue weighted by molar-refractivity contribution is -0.137. The fourth-order valence-corrected chi connectivity index (χ4v) is 3.03. The molecule has 0 spiro atoms. The van der Waals surface area contributed by atoms with E-state index in [2.05, 4.69) is 10.1 Å². The van der Waals surface area contributed by atoms with Crippen LogP contribution < -0.4 is 4.74 Å². The van der Waals surface area contributed by atoms with Crippen LogP contribution >= 0.6 is 0 Å². The molecule has 2 aromatic heterocycles. The first-order valence-corrected chi connectivity index (χ1v) is 9.20. The van der Waals surface area contributed by atoms with Crippen molar-refractivity contribution in [2.24, 2.45) is 0 Å². The zero-order chi connectivity index (χ0) is 18.2. The third-order valence-corrected chi connectivity index (χ3v) is 4.40. The number of carboxylic acid groups (broad SMARTS) is 1. The van der Waals surface area contributed by atoms with Gasteiger partial charge in [-0.05, 0) is 56.7 Å². The monoisotopic (exact) mass is 359 g/mol. The maximum absolute atomic E-state index is 10.5. The van der Waals surface area contributed by atoms with Gasteiger partial charge in [0.25, 0.3) is 0 Å². The van der Waals surface area contributed by atoms with Crippen molar-refractivity contribution < 1.29 is 19.4 Å². The van der Waals surface area contributed by atoms with Crippen LogP contribution in [0.5, 0.6) is 5.75 Å². The highest BCUT2D eigenvalue weighted by Gasteiger charge is 2.19. The van der Waals surface area contributed by atoms with Gasteiger partial charge >= 0.3 is 5.97 Å². The summed E-state index contributed by atoms with van der Waals surface area (Å²) in [6.07, 6.45) is 9.28. The molecular weight excluding hydrogens is 334 g/mol. The Bertz CT molecular complexity index is 693. The van der Waals surface area contributed by atoms with E-state index < -0.39 is 5.97 Å². The van der Waals surface area contributed by atoms with Crippen molar-refractivity contribution in [3.05, 3.63) is 30.6 Å². The second-order valence-corrected chi connectivity index (χ2v) is 6.41. The Morgan fingerprint density at radius 3 is 2.92 bits per heavy atom. The molecule has 7 nitrogen and oxygen atoms in total. The Hall–Kier alpha value is -2.41. The van der Waals surface area contributed by atoms with E-state index in [9.17, 15) is 4.79 Å². The molecule has 0 saturated carbocycles. The first-order chi connectivity index (χ1) is 12.7. The molecule has 3 heterocycles. The number of unbranched alkanes of at least 4 members (excludes halogenated alkanes) is 2. The standard InChI is InChI=1S/C19H25N3O4/c23-19(24)7-2-1-4-12-25-15-8-9-16(20-14-15)17-10-11-21-22(17)18-6-3-5-13-26-18/h8-11,14,18H,1-7,12-13H2,(H,23,24). The van der Waals surface area contributed by atoms with Gasteiger partial charge in [0.2, 0.25) is 0 Å². The minimum absolute atomic E-state index is 0.0164. The highest BCUT2D eigenvalue weighted by atomic mass is 16.5. The third kappa shape index (κ3) is 5.05. The van der Waals surface area contributed by atoms with Gasteiger partial charge < -0.3 is 14.6 Å². The minimum Gasteiger partial charge on any atom is -0.492 e. The van der Waals surface area contributed by atoms with Gasteiger partial charge in [-0.2, -0.15) is 5.10 Å². The molecule has 3 rings (SSSR count). The lowest BCUT2D eigenvalue weighted by Gasteiger charge is -2.24. The molecule has 1 fully saturated rings. The molecule has 2 aromatic rings. The summed E-state index contributed by atoms with van der Waals surface area (Å²) in [5.74, 6) is -0.0319. The number of hydrogen-bond acceptors (Lipinski definition) is 5. The Morgan fingerprint density at radius 2 is 2.19 bits per heavy atom. The van der Waals surface area contributed by atoms with Gasteiger partial charge in [-0.1, -0.05) is 0 Å². The van der Waals surface area contributed by atoms with E-state index in [0.717, 1.165) is 50.1 Å². The number of aromatic nitrogens is 3. The van der Waals surface area contributed by atoms with Crippen LogP contribution in [0, 0.1) is 0 Å². The second-order valence-electron chi connectivity index (χ2n) is 6.41. The summed E-state index contributed by atoms with van der Waals surface area (Å²) < 4.78 is 13.4. The quantitative estimate of drug-likeness (QED) is 0.688. The Labute approximate surface area is 153 Å². The van der Waals surface area contributed by atoms with Gasteiger partial charge in [-0.15, -0.1) is 0 Å². The highest BCUT2D eigenvalue weighted by molar-refractivity contribution is 5.66. The summed E-state index contributed by atoms with van der Waals surface area (Å²) in [4.78, 5) is 15.0. The largest absolute Gasteiger partial charge is 0.492 e. The number of nitrogens with zero attached hydrogens (tertiary/aromatic N) is 3. The number of carbonyl (C=O) groups is 1. The van der Waals surface area contributed by atoms with Crippen LogP contribution in [-0.4, -0.2) is 39.1 Å². The van der Waals surface area contributed by atoms with Crippen LogP contribution in [0.25, 0.3) is 11.4 Å². The molecular formula is C19H25N3O4. The predicted octanol–water partition coefficient (Wildman–Crippen LogP) is 3.67. The lowest BCUT2D eigenvalue weighted by Crippen LogP contribution is -2.20. The van der Waals surface area contributed by atoms with E-state index >= 15 is 0 Å². The number of rotatable bonds is 9.